The summed E-state index contributed by atoms with van der Waals surface area (Å²) in [6, 6.07) is 8.54. The summed E-state index contributed by atoms with van der Waals surface area (Å²) in [7, 11) is 1.59. The Bertz CT molecular complexity index is 644. The lowest BCUT2D eigenvalue weighted by molar-refractivity contribution is 0.322. The standard InChI is InChI=1S/C16H19FN2O2/c1-4-21-16-9-13(12(18)8-11(16)17)19-14-7-10(2)5-6-15(14)20-3/h5-9,19H,4,18H2,1-3H3. The van der Waals surface area contributed by atoms with Crippen LogP contribution in [0.3, 0.4) is 0 Å². The van der Waals surface area contributed by atoms with Crippen molar-refractivity contribution in [2.75, 3.05) is 24.8 Å². The number of benzene rings is 2. The van der Waals surface area contributed by atoms with Gasteiger partial charge >= 0.3 is 0 Å². The second kappa shape index (κ2) is 6.35. The van der Waals surface area contributed by atoms with Crippen LogP contribution in [0.4, 0.5) is 21.5 Å². The van der Waals surface area contributed by atoms with E-state index in [0.717, 1.165) is 11.3 Å². The molecular formula is C16H19FN2O2. The van der Waals surface area contributed by atoms with Gasteiger partial charge in [0.15, 0.2) is 11.6 Å². The van der Waals surface area contributed by atoms with Crippen molar-refractivity contribution in [3.63, 3.8) is 0 Å². The zero-order valence-corrected chi connectivity index (χ0v) is 12.4. The Morgan fingerprint density at radius 3 is 2.57 bits per heavy atom. The Labute approximate surface area is 123 Å². The van der Waals surface area contributed by atoms with Crippen LogP contribution in [-0.2, 0) is 0 Å². The molecular weight excluding hydrogens is 271 g/mol. The first kappa shape index (κ1) is 15.0. The SMILES string of the molecule is CCOc1cc(Nc2cc(C)ccc2OC)c(N)cc1F. The molecule has 0 unspecified atom stereocenters. The number of hydrogen-bond acceptors (Lipinski definition) is 4. The molecule has 0 aromatic heterocycles. The Kier molecular flexibility index (Phi) is 4.52. The third-order valence-electron chi connectivity index (χ3n) is 3.03. The normalized spacial score (nSPS) is 10.3. The number of hydrogen-bond donors (Lipinski definition) is 2. The Morgan fingerprint density at radius 1 is 1.14 bits per heavy atom. The highest BCUT2D eigenvalue weighted by Crippen LogP contribution is 2.34. The van der Waals surface area contributed by atoms with Crippen molar-refractivity contribution in [1.29, 1.82) is 0 Å². The predicted octanol–water partition coefficient (Wildman–Crippen LogP) is 3.87. The van der Waals surface area contributed by atoms with Crippen LogP contribution in [0.25, 0.3) is 0 Å². The summed E-state index contributed by atoms with van der Waals surface area (Å²) in [6.07, 6.45) is 0. The third-order valence-corrected chi connectivity index (χ3v) is 3.03. The molecule has 0 aliphatic carbocycles. The molecule has 4 nitrogen and oxygen atoms in total. The number of nitrogens with one attached hydrogen (secondary N) is 1. The number of nitrogen functional groups attached to an aromatic ring is 1. The van der Waals surface area contributed by atoms with E-state index >= 15 is 0 Å². The van der Waals surface area contributed by atoms with Crippen molar-refractivity contribution in [3.05, 3.63) is 41.7 Å². The van der Waals surface area contributed by atoms with Crippen molar-refractivity contribution in [2.24, 2.45) is 0 Å². The van der Waals surface area contributed by atoms with Crippen LogP contribution in [0.5, 0.6) is 11.5 Å². The van der Waals surface area contributed by atoms with Gasteiger partial charge in [0.1, 0.15) is 5.75 Å². The minimum Gasteiger partial charge on any atom is -0.495 e. The average molecular weight is 290 g/mol. The summed E-state index contributed by atoms with van der Waals surface area (Å²) < 4.78 is 24.3. The molecule has 2 aromatic rings. The van der Waals surface area contributed by atoms with E-state index in [2.05, 4.69) is 5.32 Å². The van der Waals surface area contributed by atoms with Gasteiger partial charge in [-0.2, -0.15) is 0 Å². The summed E-state index contributed by atoms with van der Waals surface area (Å²) >= 11 is 0. The maximum atomic E-state index is 13.7. The fourth-order valence-corrected chi connectivity index (χ4v) is 2.01. The lowest BCUT2D eigenvalue weighted by Crippen LogP contribution is -2.02. The van der Waals surface area contributed by atoms with E-state index in [-0.39, 0.29) is 5.75 Å². The van der Waals surface area contributed by atoms with E-state index in [1.165, 1.54) is 6.07 Å². The van der Waals surface area contributed by atoms with Gasteiger partial charge in [0.05, 0.1) is 30.8 Å². The first-order valence-electron chi connectivity index (χ1n) is 6.68. The summed E-state index contributed by atoms with van der Waals surface area (Å²) in [5.41, 5.74) is 8.58. The summed E-state index contributed by atoms with van der Waals surface area (Å²) in [4.78, 5) is 0. The largest absolute Gasteiger partial charge is 0.495 e. The topological polar surface area (TPSA) is 56.5 Å². The molecule has 0 saturated heterocycles. The van der Waals surface area contributed by atoms with Crippen LogP contribution in [0, 0.1) is 12.7 Å². The summed E-state index contributed by atoms with van der Waals surface area (Å²) in [5.74, 6) is 0.374. The average Bonchev–Trinajstić information content (AvgIpc) is 2.44. The molecule has 0 atom stereocenters. The predicted molar refractivity (Wildman–Crippen MR) is 83.0 cm³/mol. The van der Waals surface area contributed by atoms with Gasteiger partial charge in [-0.25, -0.2) is 4.39 Å². The van der Waals surface area contributed by atoms with E-state index in [9.17, 15) is 4.39 Å². The van der Waals surface area contributed by atoms with Gasteiger partial charge in [-0.3, -0.25) is 0 Å². The van der Waals surface area contributed by atoms with Crippen LogP contribution >= 0.6 is 0 Å². The summed E-state index contributed by atoms with van der Waals surface area (Å²) in [6.45, 7) is 4.16. The molecule has 0 aliphatic heterocycles. The Hall–Kier alpha value is -2.43. The van der Waals surface area contributed by atoms with E-state index in [4.69, 9.17) is 15.2 Å². The fourth-order valence-electron chi connectivity index (χ4n) is 2.01. The number of methoxy groups -OCH3 is 1. The number of anilines is 3. The van der Waals surface area contributed by atoms with E-state index in [1.54, 1.807) is 20.1 Å². The van der Waals surface area contributed by atoms with E-state index < -0.39 is 5.82 Å². The quantitative estimate of drug-likeness (QED) is 0.821. The molecule has 0 fully saturated rings. The van der Waals surface area contributed by atoms with E-state index in [0.29, 0.717) is 23.7 Å². The molecule has 0 radical (unpaired) electrons. The number of ether oxygens (including phenoxy) is 2. The third kappa shape index (κ3) is 3.37. The Morgan fingerprint density at radius 2 is 1.90 bits per heavy atom. The summed E-state index contributed by atoms with van der Waals surface area (Å²) in [5, 5.41) is 3.16. The van der Waals surface area contributed by atoms with Gasteiger partial charge in [-0.1, -0.05) is 6.07 Å². The zero-order chi connectivity index (χ0) is 15.4. The van der Waals surface area contributed by atoms with Crippen LogP contribution in [0.1, 0.15) is 12.5 Å². The molecule has 5 heteroatoms. The molecule has 0 saturated carbocycles. The van der Waals surface area contributed by atoms with Gasteiger partial charge in [-0.15, -0.1) is 0 Å². The fraction of sp³-hybridized carbons (Fsp3) is 0.250. The minimum absolute atomic E-state index is 0.167. The van der Waals surface area contributed by atoms with Gasteiger partial charge in [0.2, 0.25) is 0 Å². The van der Waals surface area contributed by atoms with E-state index in [1.807, 2.05) is 25.1 Å². The van der Waals surface area contributed by atoms with Gasteiger partial charge < -0.3 is 20.5 Å². The zero-order valence-electron chi connectivity index (χ0n) is 12.4. The molecule has 3 N–H and O–H groups in total. The molecule has 0 aliphatic rings. The van der Waals surface area contributed by atoms with Crippen LogP contribution in [-0.4, -0.2) is 13.7 Å². The lowest BCUT2D eigenvalue weighted by atomic mass is 10.2. The highest BCUT2D eigenvalue weighted by Gasteiger charge is 2.11. The molecule has 0 amide bonds. The van der Waals surface area contributed by atoms with Gasteiger partial charge in [-0.05, 0) is 31.5 Å². The van der Waals surface area contributed by atoms with Crippen LogP contribution in [0.15, 0.2) is 30.3 Å². The maximum Gasteiger partial charge on any atom is 0.167 e. The molecule has 2 aromatic carbocycles. The molecule has 0 heterocycles. The number of halogens is 1. The second-order valence-corrected chi connectivity index (χ2v) is 4.63. The molecule has 112 valence electrons. The monoisotopic (exact) mass is 290 g/mol. The number of aryl methyl sites for hydroxylation is 1. The first-order chi connectivity index (χ1) is 10.0. The van der Waals surface area contributed by atoms with Crippen molar-refractivity contribution < 1.29 is 13.9 Å². The molecule has 0 spiro atoms. The van der Waals surface area contributed by atoms with Crippen LogP contribution < -0.4 is 20.5 Å². The molecule has 21 heavy (non-hydrogen) atoms. The minimum atomic E-state index is -0.476. The molecule has 2 rings (SSSR count). The number of rotatable bonds is 5. The smallest absolute Gasteiger partial charge is 0.167 e. The van der Waals surface area contributed by atoms with Crippen molar-refractivity contribution in [3.8, 4) is 11.5 Å². The van der Waals surface area contributed by atoms with Crippen molar-refractivity contribution in [1.82, 2.24) is 0 Å². The first-order valence-corrected chi connectivity index (χ1v) is 6.68. The lowest BCUT2D eigenvalue weighted by Gasteiger charge is -2.15. The second-order valence-electron chi connectivity index (χ2n) is 4.63. The van der Waals surface area contributed by atoms with Crippen molar-refractivity contribution in [2.45, 2.75) is 13.8 Å². The van der Waals surface area contributed by atoms with Crippen LogP contribution in [0.2, 0.25) is 0 Å². The Balaban J connectivity index is 2.39. The van der Waals surface area contributed by atoms with Gasteiger partial charge in [0, 0.05) is 12.1 Å². The highest BCUT2D eigenvalue weighted by atomic mass is 19.1. The van der Waals surface area contributed by atoms with Gasteiger partial charge in [0.25, 0.3) is 0 Å². The van der Waals surface area contributed by atoms with Crippen molar-refractivity contribution >= 4 is 17.1 Å². The number of nitrogens with two attached hydrogens (primary N) is 1. The molecule has 0 bridgehead atoms. The maximum absolute atomic E-state index is 13.7. The highest BCUT2D eigenvalue weighted by molar-refractivity contribution is 5.77.